The van der Waals surface area contributed by atoms with Crippen LogP contribution in [0.5, 0.6) is 11.5 Å². The maximum Gasteiger partial charge on any atom is 0.173 e. The van der Waals surface area contributed by atoms with Crippen LogP contribution in [-0.2, 0) is 6.54 Å². The van der Waals surface area contributed by atoms with Crippen molar-refractivity contribution in [3.8, 4) is 11.5 Å². The van der Waals surface area contributed by atoms with E-state index in [1.807, 2.05) is 54.4 Å². The Morgan fingerprint density at radius 1 is 1.13 bits per heavy atom. The fourth-order valence-corrected chi connectivity index (χ4v) is 2.37. The zero-order valence-corrected chi connectivity index (χ0v) is 14.9. The maximum absolute atomic E-state index is 5.88. The lowest BCUT2D eigenvalue weighted by Gasteiger charge is -2.22. The molecule has 0 aliphatic heterocycles. The number of hydrogen-bond donors (Lipinski definition) is 1. The molecule has 0 spiro atoms. The lowest BCUT2D eigenvalue weighted by molar-refractivity contribution is 0.384. The largest absolute Gasteiger partial charge is 0.497 e. The number of anilines is 1. The van der Waals surface area contributed by atoms with Gasteiger partial charge in [0.25, 0.3) is 0 Å². The standard InChI is InChI=1S/C17H19ClN2O2S/c1-20(17(23)19-14-7-5-13(18)6-8-14)11-12-4-9-15(21-2)10-16(12)22-3/h4-10H,11H2,1-3H3,(H,19,23). The summed E-state index contributed by atoms with van der Waals surface area (Å²) in [6.45, 7) is 0.618. The number of methoxy groups -OCH3 is 2. The Morgan fingerprint density at radius 2 is 1.83 bits per heavy atom. The summed E-state index contributed by atoms with van der Waals surface area (Å²) in [5.74, 6) is 1.53. The highest BCUT2D eigenvalue weighted by Crippen LogP contribution is 2.25. The van der Waals surface area contributed by atoms with Crippen LogP contribution in [-0.4, -0.2) is 31.3 Å². The molecule has 0 fully saturated rings. The Kier molecular flexibility index (Phi) is 6.07. The number of nitrogens with one attached hydrogen (secondary N) is 1. The molecule has 4 nitrogen and oxygen atoms in total. The van der Waals surface area contributed by atoms with E-state index in [1.54, 1.807) is 14.2 Å². The summed E-state index contributed by atoms with van der Waals surface area (Å²) in [4.78, 5) is 1.94. The Hall–Kier alpha value is -1.98. The summed E-state index contributed by atoms with van der Waals surface area (Å²) in [5, 5.41) is 4.49. The molecule has 2 aromatic carbocycles. The molecule has 0 bridgehead atoms. The molecule has 0 aliphatic carbocycles. The molecule has 0 atom stereocenters. The van der Waals surface area contributed by atoms with E-state index in [2.05, 4.69) is 5.32 Å². The van der Waals surface area contributed by atoms with Gasteiger partial charge in [0, 0.05) is 35.9 Å². The summed E-state index contributed by atoms with van der Waals surface area (Å²) in [5.41, 5.74) is 1.92. The van der Waals surface area contributed by atoms with E-state index in [0.717, 1.165) is 22.7 Å². The molecule has 122 valence electrons. The number of rotatable bonds is 5. The highest BCUT2D eigenvalue weighted by molar-refractivity contribution is 7.80. The van der Waals surface area contributed by atoms with Gasteiger partial charge in [0.15, 0.2) is 5.11 Å². The normalized spacial score (nSPS) is 10.1. The second kappa shape index (κ2) is 8.04. The predicted octanol–water partition coefficient (Wildman–Crippen LogP) is 4.19. The molecule has 0 unspecified atom stereocenters. The smallest absolute Gasteiger partial charge is 0.173 e. The Balaban J connectivity index is 2.04. The van der Waals surface area contributed by atoms with Crippen LogP contribution in [0.4, 0.5) is 5.69 Å². The maximum atomic E-state index is 5.88. The zero-order chi connectivity index (χ0) is 16.8. The van der Waals surface area contributed by atoms with Crippen molar-refractivity contribution < 1.29 is 9.47 Å². The molecule has 23 heavy (non-hydrogen) atoms. The minimum atomic E-state index is 0.616. The van der Waals surface area contributed by atoms with E-state index >= 15 is 0 Å². The van der Waals surface area contributed by atoms with E-state index in [9.17, 15) is 0 Å². The van der Waals surface area contributed by atoms with Crippen molar-refractivity contribution >= 4 is 34.6 Å². The zero-order valence-electron chi connectivity index (χ0n) is 13.3. The van der Waals surface area contributed by atoms with E-state index in [0.29, 0.717) is 16.7 Å². The molecule has 0 saturated carbocycles. The molecule has 2 rings (SSSR count). The third-order valence-electron chi connectivity index (χ3n) is 3.34. The number of benzene rings is 2. The van der Waals surface area contributed by atoms with Crippen molar-refractivity contribution in [3.05, 3.63) is 53.1 Å². The van der Waals surface area contributed by atoms with Crippen LogP contribution < -0.4 is 14.8 Å². The van der Waals surface area contributed by atoms with Gasteiger partial charge in [-0.25, -0.2) is 0 Å². The fourth-order valence-electron chi connectivity index (χ4n) is 2.06. The minimum absolute atomic E-state index is 0.616. The van der Waals surface area contributed by atoms with Crippen molar-refractivity contribution in [2.75, 3.05) is 26.6 Å². The number of thiocarbonyl (C=S) groups is 1. The number of nitrogens with zero attached hydrogens (tertiary/aromatic N) is 1. The highest BCUT2D eigenvalue weighted by atomic mass is 35.5. The Morgan fingerprint density at radius 3 is 2.43 bits per heavy atom. The van der Waals surface area contributed by atoms with Crippen molar-refractivity contribution in [2.24, 2.45) is 0 Å². The average Bonchev–Trinajstić information content (AvgIpc) is 2.57. The molecular formula is C17H19ClN2O2S. The molecule has 0 radical (unpaired) electrons. The molecule has 1 N–H and O–H groups in total. The van der Waals surface area contributed by atoms with Gasteiger partial charge in [0.2, 0.25) is 0 Å². The van der Waals surface area contributed by atoms with Crippen LogP contribution in [0.2, 0.25) is 5.02 Å². The summed E-state index contributed by atoms with van der Waals surface area (Å²) in [6, 6.07) is 13.1. The van der Waals surface area contributed by atoms with Crippen molar-refractivity contribution in [2.45, 2.75) is 6.54 Å². The quantitative estimate of drug-likeness (QED) is 0.818. The average molecular weight is 351 g/mol. The summed E-state index contributed by atoms with van der Waals surface area (Å²) < 4.78 is 10.6. The third-order valence-corrected chi connectivity index (χ3v) is 4.01. The van der Waals surface area contributed by atoms with Gasteiger partial charge in [-0.3, -0.25) is 0 Å². The predicted molar refractivity (Wildman–Crippen MR) is 98.7 cm³/mol. The molecule has 6 heteroatoms. The molecule has 0 heterocycles. The molecule has 2 aromatic rings. The van der Waals surface area contributed by atoms with Crippen molar-refractivity contribution in [1.29, 1.82) is 0 Å². The molecule has 0 amide bonds. The monoisotopic (exact) mass is 350 g/mol. The van der Waals surface area contributed by atoms with Gasteiger partial charge in [-0.2, -0.15) is 0 Å². The van der Waals surface area contributed by atoms with Crippen LogP contribution >= 0.6 is 23.8 Å². The minimum Gasteiger partial charge on any atom is -0.497 e. The number of hydrogen-bond acceptors (Lipinski definition) is 3. The van der Waals surface area contributed by atoms with Crippen LogP contribution in [0.25, 0.3) is 0 Å². The van der Waals surface area contributed by atoms with Gasteiger partial charge < -0.3 is 19.7 Å². The van der Waals surface area contributed by atoms with Gasteiger partial charge in [0.1, 0.15) is 11.5 Å². The number of ether oxygens (including phenoxy) is 2. The topological polar surface area (TPSA) is 33.7 Å². The lowest BCUT2D eigenvalue weighted by atomic mass is 10.2. The Bertz CT molecular complexity index is 677. The van der Waals surface area contributed by atoms with Gasteiger partial charge in [0.05, 0.1) is 14.2 Å². The first-order valence-electron chi connectivity index (χ1n) is 7.02. The van der Waals surface area contributed by atoms with Crippen molar-refractivity contribution in [3.63, 3.8) is 0 Å². The second-order valence-corrected chi connectivity index (χ2v) is 5.79. The third kappa shape index (κ3) is 4.74. The SMILES string of the molecule is COc1ccc(CN(C)C(=S)Nc2ccc(Cl)cc2)c(OC)c1. The van der Waals surface area contributed by atoms with E-state index in [-0.39, 0.29) is 0 Å². The lowest BCUT2D eigenvalue weighted by Crippen LogP contribution is -2.30. The number of halogens is 1. The first-order valence-corrected chi connectivity index (χ1v) is 7.80. The second-order valence-electron chi connectivity index (χ2n) is 4.97. The molecular weight excluding hydrogens is 332 g/mol. The first-order chi connectivity index (χ1) is 11.0. The summed E-state index contributed by atoms with van der Waals surface area (Å²) >= 11 is 11.3. The van der Waals surface area contributed by atoms with Gasteiger partial charge in [-0.15, -0.1) is 0 Å². The Labute approximate surface area is 147 Å². The molecule has 0 saturated heterocycles. The highest BCUT2D eigenvalue weighted by Gasteiger charge is 2.10. The van der Waals surface area contributed by atoms with Gasteiger partial charge >= 0.3 is 0 Å². The van der Waals surface area contributed by atoms with Crippen LogP contribution in [0, 0.1) is 0 Å². The summed E-state index contributed by atoms with van der Waals surface area (Å²) in [7, 11) is 5.20. The molecule has 0 aromatic heterocycles. The van der Waals surface area contributed by atoms with E-state index in [4.69, 9.17) is 33.3 Å². The van der Waals surface area contributed by atoms with Crippen LogP contribution in [0.15, 0.2) is 42.5 Å². The fraction of sp³-hybridized carbons (Fsp3) is 0.235. The van der Waals surface area contributed by atoms with Gasteiger partial charge in [-0.05, 0) is 48.6 Å². The van der Waals surface area contributed by atoms with Gasteiger partial charge in [-0.1, -0.05) is 11.6 Å². The van der Waals surface area contributed by atoms with Crippen LogP contribution in [0.3, 0.4) is 0 Å². The van der Waals surface area contributed by atoms with Crippen LogP contribution in [0.1, 0.15) is 5.56 Å². The molecule has 0 aliphatic rings. The summed E-state index contributed by atoms with van der Waals surface area (Å²) in [6.07, 6.45) is 0. The van der Waals surface area contributed by atoms with E-state index in [1.165, 1.54) is 0 Å². The first kappa shape index (κ1) is 17.4. The van der Waals surface area contributed by atoms with E-state index < -0.39 is 0 Å². The van der Waals surface area contributed by atoms with Crippen molar-refractivity contribution in [1.82, 2.24) is 4.90 Å².